The predicted octanol–water partition coefficient (Wildman–Crippen LogP) is 9.82. The number of carbonyl (C=O) groups excluding carboxylic acids is 3. The number of rotatable bonds is 16. The molecule has 0 radical (unpaired) electrons. The first-order chi connectivity index (χ1) is 29.7. The van der Waals surface area contributed by atoms with E-state index in [0.29, 0.717) is 50.4 Å². The van der Waals surface area contributed by atoms with E-state index in [0.717, 1.165) is 90.8 Å². The van der Waals surface area contributed by atoms with Crippen LogP contribution in [0, 0.1) is 0 Å². The summed E-state index contributed by atoms with van der Waals surface area (Å²) in [6.07, 6.45) is 4.25. The number of carbonyl (C=O) groups is 3. The second-order valence-corrected chi connectivity index (χ2v) is 17.2. The topological polar surface area (TPSA) is 76.2 Å². The van der Waals surface area contributed by atoms with Gasteiger partial charge in [0.05, 0.1) is 37.5 Å². The molecule has 2 heterocycles. The first kappa shape index (κ1) is 42.6. The molecule has 0 amide bonds. The molecule has 0 N–H and O–H groups in total. The Balaban J connectivity index is 1.19. The Morgan fingerprint density at radius 3 is 1.39 bits per heavy atom. The van der Waals surface area contributed by atoms with Crippen molar-refractivity contribution in [3.63, 3.8) is 0 Å². The molecule has 1 aliphatic carbocycles. The molecule has 0 spiro atoms. The fraction of sp³-hybridized carbons (Fsp3) is 0.389. The molecule has 5 aromatic carbocycles. The second-order valence-electron chi connectivity index (χ2n) is 17.2. The summed E-state index contributed by atoms with van der Waals surface area (Å²) in [4.78, 5) is 47.6. The van der Waals surface area contributed by atoms with Gasteiger partial charge in [-0.25, -0.2) is 0 Å². The number of benzene rings is 5. The van der Waals surface area contributed by atoms with Gasteiger partial charge in [0.1, 0.15) is 0 Å². The van der Waals surface area contributed by atoms with Crippen LogP contribution in [0.4, 0.5) is 0 Å². The van der Waals surface area contributed by atoms with E-state index < -0.39 is 16.5 Å². The molecule has 61 heavy (non-hydrogen) atoms. The van der Waals surface area contributed by atoms with Crippen molar-refractivity contribution in [1.29, 1.82) is 0 Å². The Hall–Kier alpha value is -5.05. The molecule has 7 heteroatoms. The number of hydrogen-bond donors (Lipinski definition) is 0. The Kier molecular flexibility index (Phi) is 12.7. The Morgan fingerprint density at radius 1 is 0.492 bits per heavy atom. The zero-order chi connectivity index (χ0) is 42.6. The van der Waals surface area contributed by atoms with Crippen molar-refractivity contribution in [3.8, 4) is 11.1 Å². The Labute approximate surface area is 362 Å². The van der Waals surface area contributed by atoms with Gasteiger partial charge in [0.25, 0.3) is 0 Å². The minimum absolute atomic E-state index is 0.00909. The van der Waals surface area contributed by atoms with Crippen LogP contribution in [0.2, 0.25) is 0 Å². The monoisotopic (exact) mass is 816 g/mol. The van der Waals surface area contributed by atoms with Gasteiger partial charge in [0, 0.05) is 53.8 Å². The lowest BCUT2D eigenvalue weighted by Crippen LogP contribution is -2.57. The van der Waals surface area contributed by atoms with Crippen LogP contribution in [0.1, 0.15) is 112 Å². The first-order valence-corrected chi connectivity index (χ1v) is 22.5. The molecule has 0 bridgehead atoms. The largest absolute Gasteiger partial charge is 0.379 e. The van der Waals surface area contributed by atoms with E-state index >= 15 is 0 Å². The van der Waals surface area contributed by atoms with Gasteiger partial charge in [0.2, 0.25) is 0 Å². The molecule has 3 aliphatic rings. The maximum Gasteiger partial charge on any atom is 0.193 e. The molecule has 5 aromatic rings. The fourth-order valence-corrected chi connectivity index (χ4v) is 10.9. The first-order valence-electron chi connectivity index (χ1n) is 22.5. The molecule has 0 atom stereocenters. The summed E-state index contributed by atoms with van der Waals surface area (Å²) < 4.78 is 11.3. The fourth-order valence-electron chi connectivity index (χ4n) is 10.9. The number of fused-ring (bicyclic) bond motifs is 3. The van der Waals surface area contributed by atoms with Crippen LogP contribution in [0.3, 0.4) is 0 Å². The normalized spacial score (nSPS) is 16.8. The van der Waals surface area contributed by atoms with Gasteiger partial charge in [-0.05, 0) is 78.0 Å². The zero-order valence-corrected chi connectivity index (χ0v) is 36.4. The van der Waals surface area contributed by atoms with E-state index in [2.05, 4.69) is 98.2 Å². The zero-order valence-electron chi connectivity index (χ0n) is 36.4. The van der Waals surface area contributed by atoms with Crippen molar-refractivity contribution in [2.45, 2.75) is 82.7 Å². The molecular weight excluding hydrogens is 757 g/mol. The van der Waals surface area contributed by atoms with Crippen LogP contribution >= 0.6 is 0 Å². The number of morpholine rings is 2. The van der Waals surface area contributed by atoms with Crippen LogP contribution < -0.4 is 0 Å². The molecule has 0 saturated carbocycles. The lowest BCUT2D eigenvalue weighted by atomic mass is 9.69. The quantitative estimate of drug-likeness (QED) is 0.0919. The van der Waals surface area contributed by atoms with Gasteiger partial charge in [-0.1, -0.05) is 143 Å². The number of hydrogen-bond acceptors (Lipinski definition) is 7. The summed E-state index contributed by atoms with van der Waals surface area (Å²) in [5.74, 6) is 0.324. The maximum atomic E-state index is 14.5. The van der Waals surface area contributed by atoms with Gasteiger partial charge >= 0.3 is 0 Å². The van der Waals surface area contributed by atoms with Gasteiger partial charge in [-0.15, -0.1) is 0 Å². The highest BCUT2D eigenvalue weighted by atomic mass is 16.5. The highest BCUT2D eigenvalue weighted by Gasteiger charge is 2.46. The summed E-state index contributed by atoms with van der Waals surface area (Å²) in [5.41, 5.74) is 7.90. The molecule has 2 fully saturated rings. The highest BCUT2D eigenvalue weighted by Crippen LogP contribution is 2.53. The van der Waals surface area contributed by atoms with Crippen LogP contribution in [0.25, 0.3) is 11.1 Å². The number of ketones is 3. The van der Waals surface area contributed by atoms with E-state index in [-0.39, 0.29) is 17.3 Å². The smallest absolute Gasteiger partial charge is 0.193 e. The summed E-state index contributed by atoms with van der Waals surface area (Å²) in [6.45, 7) is 14.1. The van der Waals surface area contributed by atoms with Gasteiger partial charge in [-0.3, -0.25) is 24.2 Å². The third-order valence-corrected chi connectivity index (χ3v) is 14.4. The van der Waals surface area contributed by atoms with Crippen molar-refractivity contribution in [2.24, 2.45) is 0 Å². The lowest BCUT2D eigenvalue weighted by Gasteiger charge is -2.43. The third kappa shape index (κ3) is 7.75. The van der Waals surface area contributed by atoms with Crippen LogP contribution in [-0.2, 0) is 27.7 Å². The number of nitrogens with zero attached hydrogens (tertiary/aromatic N) is 2. The minimum atomic E-state index is -0.568. The van der Waals surface area contributed by atoms with E-state index in [9.17, 15) is 14.4 Å². The van der Waals surface area contributed by atoms with Gasteiger partial charge < -0.3 is 9.47 Å². The van der Waals surface area contributed by atoms with Crippen molar-refractivity contribution in [3.05, 3.63) is 166 Å². The van der Waals surface area contributed by atoms with Crippen LogP contribution in [0.15, 0.2) is 121 Å². The summed E-state index contributed by atoms with van der Waals surface area (Å²) in [5, 5.41) is 0. The van der Waals surface area contributed by atoms with E-state index in [1.54, 1.807) is 0 Å². The number of ether oxygens (including phenoxy) is 2. The van der Waals surface area contributed by atoms with Gasteiger partial charge in [-0.2, -0.15) is 0 Å². The lowest BCUT2D eigenvalue weighted by molar-refractivity contribution is -0.0176. The van der Waals surface area contributed by atoms with Crippen LogP contribution in [0.5, 0.6) is 0 Å². The SMILES string of the molecule is CCC(CC)(C(=O)c1ccc(CC2(Cc3ccc(C(=O)C(CC)(CC)N4CCOCC4)cc3)c3ccccc3-c3ccc(C(=O)c4ccccc4)cc32)cc1)N1CCOCC1. The molecule has 0 unspecified atom stereocenters. The maximum absolute atomic E-state index is 14.5. The van der Waals surface area contributed by atoms with Crippen molar-refractivity contribution in [2.75, 3.05) is 52.6 Å². The molecule has 8 rings (SSSR count). The van der Waals surface area contributed by atoms with Crippen molar-refractivity contribution >= 4 is 17.3 Å². The average molecular weight is 817 g/mol. The summed E-state index contributed by atoms with van der Waals surface area (Å²) in [6, 6.07) is 40.9. The molecule has 2 aliphatic heterocycles. The summed E-state index contributed by atoms with van der Waals surface area (Å²) >= 11 is 0. The third-order valence-electron chi connectivity index (χ3n) is 14.4. The number of Topliss-reactive ketones (excluding diaryl/α,β-unsaturated/α-hetero) is 2. The summed E-state index contributed by atoms with van der Waals surface area (Å²) in [7, 11) is 0. The molecule has 316 valence electrons. The second kappa shape index (κ2) is 18.1. The standard InChI is InChI=1S/C54H60N2O5/c1-5-53(6-2,55-28-32-60-33-29-55)50(58)42-22-18-39(19-23-42)37-52(38-40-20-24-43(25-21-40)51(59)54(7-3,8-4)56-30-34-61-35-31-56)47-17-13-12-16-45(47)46-27-26-44(36-48(46)52)49(57)41-14-10-9-11-15-41/h9-27,36H,5-8,28-35,37-38H2,1-4H3. The minimum Gasteiger partial charge on any atom is -0.379 e. The molecular formula is C54H60N2O5. The van der Waals surface area contributed by atoms with E-state index in [1.807, 2.05) is 60.7 Å². The van der Waals surface area contributed by atoms with Gasteiger partial charge in [0.15, 0.2) is 17.3 Å². The van der Waals surface area contributed by atoms with E-state index in [1.165, 1.54) is 5.56 Å². The molecule has 7 nitrogen and oxygen atoms in total. The molecule has 0 aromatic heterocycles. The Morgan fingerprint density at radius 2 is 0.918 bits per heavy atom. The Bertz CT molecular complexity index is 2240. The van der Waals surface area contributed by atoms with Crippen molar-refractivity contribution in [1.82, 2.24) is 9.80 Å². The molecule has 2 saturated heterocycles. The highest BCUT2D eigenvalue weighted by molar-refractivity contribution is 6.09. The van der Waals surface area contributed by atoms with Crippen molar-refractivity contribution < 1.29 is 23.9 Å². The van der Waals surface area contributed by atoms with E-state index in [4.69, 9.17) is 9.47 Å². The predicted molar refractivity (Wildman–Crippen MR) is 243 cm³/mol. The average Bonchev–Trinajstić information content (AvgIpc) is 3.59. The van der Waals surface area contributed by atoms with Crippen LogP contribution in [-0.4, -0.2) is 90.8 Å².